The Hall–Kier alpha value is -3.63. The average Bonchev–Trinajstić information content (AvgIpc) is 2.92. The number of unbranched alkanes of at least 4 members (excludes halogenated alkanes) is 1. The Morgan fingerprint density at radius 3 is 2.30 bits per heavy atom. The Bertz CT molecular complexity index is 1420. The van der Waals surface area contributed by atoms with Crippen LogP contribution in [0.15, 0.2) is 75.2 Å². The minimum absolute atomic E-state index is 0.194. The molecule has 8 nitrogen and oxygen atoms in total. The lowest BCUT2D eigenvalue weighted by molar-refractivity contribution is -0.122. The maximum atomic E-state index is 13.4. The van der Waals surface area contributed by atoms with E-state index in [1.165, 1.54) is 6.08 Å². The van der Waals surface area contributed by atoms with E-state index >= 15 is 0 Å². The standard InChI is InChI=1S/C30H28Br2N2O6/c1-3-5-14-39-23-12-10-22(11-13-23)34-29(36)24(28(35)33-30(34)37)15-20-16-25(32)27(26(17-20)38-4-2)40-18-19-6-8-21(31)9-7-19/h6-13,15-17H,3-5,14,18H2,1-2H3,(H,33,35,37)/b24-15-. The van der Waals surface area contributed by atoms with Crippen molar-refractivity contribution < 1.29 is 28.6 Å². The van der Waals surface area contributed by atoms with Gasteiger partial charge in [0.25, 0.3) is 11.8 Å². The largest absolute Gasteiger partial charge is 0.494 e. The molecule has 3 aromatic carbocycles. The molecule has 4 amide bonds. The second-order valence-electron chi connectivity index (χ2n) is 8.83. The van der Waals surface area contributed by atoms with Crippen LogP contribution in [0.1, 0.15) is 37.8 Å². The van der Waals surface area contributed by atoms with Crippen LogP contribution in [-0.2, 0) is 16.2 Å². The zero-order valence-electron chi connectivity index (χ0n) is 22.0. The molecule has 1 N–H and O–H groups in total. The van der Waals surface area contributed by atoms with Crippen molar-refractivity contribution in [2.24, 2.45) is 0 Å². The molecule has 10 heteroatoms. The van der Waals surface area contributed by atoms with Gasteiger partial charge < -0.3 is 14.2 Å². The first-order valence-electron chi connectivity index (χ1n) is 12.8. The highest BCUT2D eigenvalue weighted by atomic mass is 79.9. The van der Waals surface area contributed by atoms with E-state index in [0.29, 0.717) is 52.8 Å². The molecule has 40 heavy (non-hydrogen) atoms. The van der Waals surface area contributed by atoms with Gasteiger partial charge in [0.2, 0.25) is 0 Å². The first-order valence-corrected chi connectivity index (χ1v) is 14.4. The van der Waals surface area contributed by atoms with E-state index < -0.39 is 17.8 Å². The SMILES string of the molecule is CCCCOc1ccc(N2C(=O)NC(=O)/C(=C/c3cc(Br)c(OCc4ccc(Br)cc4)c(OCC)c3)C2=O)cc1. The molecule has 1 heterocycles. The van der Waals surface area contributed by atoms with Gasteiger partial charge in [0.05, 0.1) is 23.4 Å². The van der Waals surface area contributed by atoms with Crippen molar-refractivity contribution in [3.8, 4) is 17.2 Å². The molecule has 0 aliphatic carbocycles. The maximum absolute atomic E-state index is 13.4. The zero-order chi connectivity index (χ0) is 28.6. The van der Waals surface area contributed by atoms with Crippen LogP contribution in [0.25, 0.3) is 6.08 Å². The fraction of sp³-hybridized carbons (Fsp3) is 0.233. The third-order valence-electron chi connectivity index (χ3n) is 5.90. The molecule has 0 aromatic heterocycles. The Morgan fingerprint density at radius 2 is 1.62 bits per heavy atom. The van der Waals surface area contributed by atoms with Gasteiger partial charge in [-0.1, -0.05) is 41.4 Å². The lowest BCUT2D eigenvalue weighted by Crippen LogP contribution is -2.54. The van der Waals surface area contributed by atoms with Gasteiger partial charge in [-0.3, -0.25) is 14.9 Å². The number of carbonyl (C=O) groups excluding carboxylic acids is 3. The number of imide groups is 2. The Balaban J connectivity index is 1.58. The Morgan fingerprint density at radius 1 is 0.900 bits per heavy atom. The summed E-state index contributed by atoms with van der Waals surface area (Å²) >= 11 is 6.95. The predicted molar refractivity (Wildman–Crippen MR) is 160 cm³/mol. The van der Waals surface area contributed by atoms with Crippen LogP contribution in [0.2, 0.25) is 0 Å². The summed E-state index contributed by atoms with van der Waals surface area (Å²) in [6, 6.07) is 16.9. The minimum atomic E-state index is -0.820. The normalized spacial score (nSPS) is 14.3. The summed E-state index contributed by atoms with van der Waals surface area (Å²) in [5.74, 6) is 0.0404. The van der Waals surface area contributed by atoms with Crippen molar-refractivity contribution in [1.29, 1.82) is 0 Å². The number of carbonyl (C=O) groups is 3. The number of nitrogens with zero attached hydrogens (tertiary/aromatic N) is 1. The Kier molecular flexibility index (Phi) is 10.0. The van der Waals surface area contributed by atoms with Crippen LogP contribution in [0.5, 0.6) is 17.2 Å². The van der Waals surface area contributed by atoms with Gasteiger partial charge in [-0.2, -0.15) is 0 Å². The van der Waals surface area contributed by atoms with Crippen LogP contribution >= 0.6 is 31.9 Å². The third kappa shape index (κ3) is 7.11. The van der Waals surface area contributed by atoms with Gasteiger partial charge in [0, 0.05) is 4.47 Å². The van der Waals surface area contributed by atoms with E-state index in [0.717, 1.165) is 27.8 Å². The quantitative estimate of drug-likeness (QED) is 0.134. The maximum Gasteiger partial charge on any atom is 0.335 e. The van der Waals surface area contributed by atoms with Crippen molar-refractivity contribution in [2.75, 3.05) is 18.1 Å². The highest BCUT2D eigenvalue weighted by molar-refractivity contribution is 9.10. The summed E-state index contributed by atoms with van der Waals surface area (Å²) in [5.41, 5.74) is 1.61. The fourth-order valence-electron chi connectivity index (χ4n) is 3.89. The number of amides is 4. The molecule has 0 saturated carbocycles. The average molecular weight is 672 g/mol. The minimum Gasteiger partial charge on any atom is -0.494 e. The molecule has 4 rings (SSSR count). The second kappa shape index (κ2) is 13.6. The number of hydrogen-bond donors (Lipinski definition) is 1. The van der Waals surface area contributed by atoms with Crippen LogP contribution in [0.3, 0.4) is 0 Å². The Labute approximate surface area is 249 Å². The van der Waals surface area contributed by atoms with Crippen LogP contribution in [0, 0.1) is 0 Å². The highest BCUT2D eigenvalue weighted by Crippen LogP contribution is 2.38. The van der Waals surface area contributed by atoms with Gasteiger partial charge in [0.1, 0.15) is 17.9 Å². The van der Waals surface area contributed by atoms with Crippen molar-refractivity contribution in [3.05, 3.63) is 86.3 Å². The molecular weight excluding hydrogens is 644 g/mol. The molecule has 0 unspecified atom stereocenters. The molecule has 1 fully saturated rings. The molecule has 0 bridgehead atoms. The van der Waals surface area contributed by atoms with E-state index in [1.54, 1.807) is 36.4 Å². The molecule has 0 atom stereocenters. The summed E-state index contributed by atoms with van der Waals surface area (Å²) in [7, 11) is 0. The summed E-state index contributed by atoms with van der Waals surface area (Å²) in [5, 5.41) is 2.25. The number of barbiturate groups is 1. The van der Waals surface area contributed by atoms with Gasteiger partial charge >= 0.3 is 6.03 Å². The van der Waals surface area contributed by atoms with Gasteiger partial charge in [-0.05, 0) is 95.0 Å². The van der Waals surface area contributed by atoms with Crippen LogP contribution in [0.4, 0.5) is 10.5 Å². The number of nitrogens with one attached hydrogen (secondary N) is 1. The smallest absolute Gasteiger partial charge is 0.335 e. The summed E-state index contributed by atoms with van der Waals surface area (Å²) < 4.78 is 19.1. The number of hydrogen-bond acceptors (Lipinski definition) is 6. The van der Waals surface area contributed by atoms with Crippen LogP contribution in [-0.4, -0.2) is 31.1 Å². The zero-order valence-corrected chi connectivity index (χ0v) is 25.2. The highest BCUT2D eigenvalue weighted by Gasteiger charge is 2.37. The van der Waals surface area contributed by atoms with E-state index in [-0.39, 0.29) is 5.57 Å². The number of benzene rings is 3. The van der Waals surface area contributed by atoms with Crippen molar-refractivity contribution >= 4 is 61.5 Å². The first-order chi connectivity index (χ1) is 19.3. The molecule has 1 saturated heterocycles. The van der Waals surface area contributed by atoms with Gasteiger partial charge in [0.15, 0.2) is 11.5 Å². The van der Waals surface area contributed by atoms with Crippen molar-refractivity contribution in [1.82, 2.24) is 5.32 Å². The molecule has 3 aromatic rings. The number of urea groups is 1. The molecule has 0 radical (unpaired) electrons. The number of rotatable bonds is 11. The lowest BCUT2D eigenvalue weighted by atomic mass is 10.1. The number of halogens is 2. The topological polar surface area (TPSA) is 94.2 Å². The fourth-order valence-corrected chi connectivity index (χ4v) is 4.73. The summed E-state index contributed by atoms with van der Waals surface area (Å²) in [6.07, 6.45) is 3.35. The molecule has 208 valence electrons. The third-order valence-corrected chi connectivity index (χ3v) is 7.02. The monoisotopic (exact) mass is 670 g/mol. The summed E-state index contributed by atoms with van der Waals surface area (Å²) in [4.78, 5) is 39.6. The first kappa shape index (κ1) is 29.4. The molecular formula is C30H28Br2N2O6. The molecule has 1 aliphatic heterocycles. The lowest BCUT2D eigenvalue weighted by Gasteiger charge is -2.26. The van der Waals surface area contributed by atoms with E-state index in [9.17, 15) is 14.4 Å². The molecule has 0 spiro atoms. The summed E-state index contributed by atoms with van der Waals surface area (Å²) in [6.45, 7) is 5.18. The van der Waals surface area contributed by atoms with Gasteiger partial charge in [-0.15, -0.1) is 0 Å². The van der Waals surface area contributed by atoms with Crippen molar-refractivity contribution in [3.63, 3.8) is 0 Å². The van der Waals surface area contributed by atoms with E-state index in [4.69, 9.17) is 14.2 Å². The number of anilines is 1. The van der Waals surface area contributed by atoms with E-state index in [2.05, 4.69) is 44.1 Å². The number of ether oxygens (including phenoxy) is 3. The van der Waals surface area contributed by atoms with E-state index in [1.807, 2.05) is 31.2 Å². The second-order valence-corrected chi connectivity index (χ2v) is 10.6. The molecule has 1 aliphatic rings. The van der Waals surface area contributed by atoms with Gasteiger partial charge in [-0.25, -0.2) is 9.69 Å². The van der Waals surface area contributed by atoms with Crippen molar-refractivity contribution in [2.45, 2.75) is 33.3 Å². The van der Waals surface area contributed by atoms with Crippen LogP contribution < -0.4 is 24.4 Å². The predicted octanol–water partition coefficient (Wildman–Crippen LogP) is 7.03.